The summed E-state index contributed by atoms with van der Waals surface area (Å²) in [6.45, 7) is 9.38. The molecule has 2 atom stereocenters. The Labute approximate surface area is 168 Å². The molecular weight excluding hydrogens is 315 g/mol. The normalized spacial score (nSPS) is 13.6. The molecule has 0 saturated heterocycles. The Bertz CT molecular complexity index is 214. The van der Waals surface area contributed by atoms with Gasteiger partial charge in [0.25, 0.3) is 0 Å². The van der Waals surface area contributed by atoms with Gasteiger partial charge in [0, 0.05) is 0 Å². The molecule has 0 aliphatic rings. The van der Waals surface area contributed by atoms with Crippen LogP contribution in [0, 0.1) is 11.8 Å². The Hall–Kier alpha value is 0.532. The third-order valence-corrected chi connectivity index (χ3v) is 7.86. The minimum absolute atomic E-state index is 0.711. The fraction of sp³-hybridized carbons (Fsp3) is 1.00. The van der Waals surface area contributed by atoms with E-state index in [-0.39, 0.29) is 0 Å². The van der Waals surface area contributed by atoms with E-state index < -0.39 is 0 Å². The first kappa shape index (κ1) is 25.5. The first-order valence-corrected chi connectivity index (χ1v) is 13.7. The van der Waals surface area contributed by atoms with Crippen molar-refractivity contribution >= 4 is 15.2 Å². The van der Waals surface area contributed by atoms with Gasteiger partial charge >= 0.3 is 168 Å². The first-order chi connectivity index (χ1) is 12.3. The van der Waals surface area contributed by atoms with E-state index in [0.717, 1.165) is 11.8 Å². The van der Waals surface area contributed by atoms with Crippen LogP contribution in [0.4, 0.5) is 0 Å². The summed E-state index contributed by atoms with van der Waals surface area (Å²) >= 11 is 0.711. The van der Waals surface area contributed by atoms with Crippen LogP contribution in [0.1, 0.15) is 130 Å². The molecule has 148 valence electrons. The number of hydrogen-bond donors (Lipinski definition) is 0. The van der Waals surface area contributed by atoms with Crippen molar-refractivity contribution in [3.05, 3.63) is 0 Å². The zero-order chi connectivity index (χ0) is 18.6. The van der Waals surface area contributed by atoms with Gasteiger partial charge in [-0.1, -0.05) is 0 Å². The van der Waals surface area contributed by atoms with Gasteiger partial charge in [-0.25, -0.2) is 0 Å². The van der Waals surface area contributed by atoms with Crippen LogP contribution in [0.2, 0.25) is 10.6 Å². The summed E-state index contributed by atoms with van der Waals surface area (Å²) in [4.78, 5) is 0. The summed E-state index contributed by atoms with van der Waals surface area (Å²) in [7, 11) is 0. The molecule has 0 radical (unpaired) electrons. The molecule has 0 aromatic rings. The molecular formula is C24H50Al+. The van der Waals surface area contributed by atoms with Crippen LogP contribution in [-0.2, 0) is 0 Å². The molecule has 0 spiro atoms. The average molecular weight is 366 g/mol. The van der Waals surface area contributed by atoms with E-state index in [1.165, 1.54) is 103 Å². The van der Waals surface area contributed by atoms with Crippen molar-refractivity contribution < 1.29 is 0 Å². The molecule has 0 heterocycles. The van der Waals surface area contributed by atoms with Gasteiger partial charge in [-0.05, 0) is 0 Å². The van der Waals surface area contributed by atoms with Crippen molar-refractivity contribution in [2.24, 2.45) is 11.8 Å². The Kier molecular flexibility index (Phi) is 21.3. The standard InChI is InChI=1S/2C12H25.Al/c2*1-4-6-8-9-11-12(3)10-7-5-2;/h2*12H,3-11H2,1-2H3;/q;;+1. The molecule has 0 amide bonds. The maximum absolute atomic E-state index is 2.36. The molecule has 0 aromatic carbocycles. The van der Waals surface area contributed by atoms with Crippen LogP contribution >= 0.6 is 0 Å². The first-order valence-electron chi connectivity index (χ1n) is 12.1. The van der Waals surface area contributed by atoms with Crippen LogP contribution < -0.4 is 0 Å². The Morgan fingerprint density at radius 1 is 0.440 bits per heavy atom. The van der Waals surface area contributed by atoms with Gasteiger partial charge in [-0.2, -0.15) is 0 Å². The van der Waals surface area contributed by atoms with Gasteiger partial charge in [0.15, 0.2) is 0 Å². The van der Waals surface area contributed by atoms with Gasteiger partial charge in [-0.3, -0.25) is 0 Å². The van der Waals surface area contributed by atoms with E-state index in [4.69, 9.17) is 0 Å². The minimum atomic E-state index is 0.711. The molecule has 0 aliphatic carbocycles. The van der Waals surface area contributed by atoms with Gasteiger partial charge in [-0.15, -0.1) is 0 Å². The van der Waals surface area contributed by atoms with Crippen molar-refractivity contribution in [2.45, 2.75) is 141 Å². The molecule has 0 aromatic heterocycles. The van der Waals surface area contributed by atoms with Crippen LogP contribution in [-0.4, -0.2) is 15.2 Å². The van der Waals surface area contributed by atoms with E-state index >= 15 is 0 Å². The Morgan fingerprint density at radius 3 is 1.16 bits per heavy atom. The van der Waals surface area contributed by atoms with Crippen LogP contribution in [0.5, 0.6) is 0 Å². The second-order valence-electron chi connectivity index (χ2n) is 8.48. The van der Waals surface area contributed by atoms with Crippen molar-refractivity contribution in [3.63, 3.8) is 0 Å². The molecule has 25 heavy (non-hydrogen) atoms. The molecule has 0 aliphatic heterocycles. The van der Waals surface area contributed by atoms with Gasteiger partial charge in [0.2, 0.25) is 0 Å². The fourth-order valence-corrected chi connectivity index (χ4v) is 6.11. The monoisotopic (exact) mass is 365 g/mol. The molecule has 0 nitrogen and oxygen atoms in total. The second-order valence-corrected chi connectivity index (χ2v) is 10.00. The van der Waals surface area contributed by atoms with Gasteiger partial charge in [0.1, 0.15) is 0 Å². The molecule has 0 rings (SSSR count). The van der Waals surface area contributed by atoms with E-state index in [2.05, 4.69) is 27.7 Å². The number of hydrogen-bond acceptors (Lipinski definition) is 0. The molecule has 1 heteroatoms. The number of rotatable bonds is 20. The topological polar surface area (TPSA) is 0 Å². The second kappa shape index (κ2) is 20.8. The third kappa shape index (κ3) is 17.7. The van der Waals surface area contributed by atoms with Crippen molar-refractivity contribution in [1.82, 2.24) is 0 Å². The fourth-order valence-electron chi connectivity index (χ4n) is 4.03. The summed E-state index contributed by atoms with van der Waals surface area (Å²) in [5, 5.41) is 3.20. The maximum atomic E-state index is 2.36. The average Bonchev–Trinajstić information content (AvgIpc) is 2.63. The quantitative estimate of drug-likeness (QED) is 0.149. The van der Waals surface area contributed by atoms with Gasteiger partial charge in [0.05, 0.1) is 0 Å². The van der Waals surface area contributed by atoms with Crippen LogP contribution in [0.3, 0.4) is 0 Å². The SMILES string of the molecule is CCCCCCC(CCCC)[CH2][Al+][CH2]C(CCCC)CCCCCC. The van der Waals surface area contributed by atoms with E-state index in [1.54, 1.807) is 10.6 Å². The van der Waals surface area contributed by atoms with E-state index in [0.29, 0.717) is 15.2 Å². The molecule has 0 fully saturated rings. The Balaban J connectivity index is 4.06. The van der Waals surface area contributed by atoms with Crippen molar-refractivity contribution in [3.8, 4) is 0 Å². The summed E-state index contributed by atoms with van der Waals surface area (Å²) in [5.74, 6) is 2.14. The molecule has 0 saturated carbocycles. The molecule has 0 N–H and O–H groups in total. The zero-order valence-corrected chi connectivity index (χ0v) is 19.6. The van der Waals surface area contributed by atoms with Crippen molar-refractivity contribution in [1.29, 1.82) is 0 Å². The molecule has 0 bridgehead atoms. The number of unbranched alkanes of at least 4 members (excludes halogenated alkanes) is 8. The van der Waals surface area contributed by atoms with Crippen LogP contribution in [0.25, 0.3) is 0 Å². The molecule has 2 unspecified atom stereocenters. The Morgan fingerprint density at radius 2 is 0.800 bits per heavy atom. The predicted octanol–water partition coefficient (Wildman–Crippen LogP) is 9.08. The summed E-state index contributed by atoms with van der Waals surface area (Å²) < 4.78 is 0. The van der Waals surface area contributed by atoms with E-state index in [9.17, 15) is 0 Å². The third-order valence-electron chi connectivity index (χ3n) is 5.86. The van der Waals surface area contributed by atoms with Gasteiger partial charge < -0.3 is 0 Å². The van der Waals surface area contributed by atoms with Crippen molar-refractivity contribution in [2.75, 3.05) is 0 Å². The summed E-state index contributed by atoms with van der Waals surface area (Å²) in [5.41, 5.74) is 0. The zero-order valence-electron chi connectivity index (χ0n) is 18.5. The summed E-state index contributed by atoms with van der Waals surface area (Å²) in [6, 6.07) is 0. The van der Waals surface area contributed by atoms with Crippen LogP contribution in [0.15, 0.2) is 0 Å². The van der Waals surface area contributed by atoms with E-state index in [1.807, 2.05) is 0 Å². The predicted molar refractivity (Wildman–Crippen MR) is 119 cm³/mol. The summed E-state index contributed by atoms with van der Waals surface area (Å²) in [6.07, 6.45) is 23.4.